The van der Waals surface area contributed by atoms with Crippen LogP contribution in [0.5, 0.6) is 0 Å². The first-order valence-corrected chi connectivity index (χ1v) is 9.58. The van der Waals surface area contributed by atoms with Crippen LogP contribution in [0.2, 0.25) is 0 Å². The maximum atomic E-state index is 12.3. The second kappa shape index (κ2) is 6.80. The summed E-state index contributed by atoms with van der Waals surface area (Å²) in [6, 6.07) is 7.37. The number of nitrogens with zero attached hydrogens (tertiary/aromatic N) is 1. The van der Waals surface area contributed by atoms with E-state index in [2.05, 4.69) is 0 Å². The first kappa shape index (κ1) is 19.5. The minimum Gasteiger partial charge on any atom is -0.399 e. The molecule has 0 radical (unpaired) electrons. The predicted molar refractivity (Wildman–Crippen MR) is 93.7 cm³/mol. The molecule has 0 aliphatic heterocycles. The maximum absolute atomic E-state index is 12.3. The van der Waals surface area contributed by atoms with Crippen LogP contribution in [0.25, 0.3) is 0 Å². The number of nitrogens with one attached hydrogen (secondary N) is 1. The van der Waals surface area contributed by atoms with E-state index in [1.165, 1.54) is 35.1 Å². The Balaban J connectivity index is 2.64. The molecule has 2 aromatic carbocycles. The summed E-state index contributed by atoms with van der Waals surface area (Å²) < 4.78 is 64.2. The molecule has 0 aliphatic carbocycles. The molecule has 0 saturated carbocycles. The molecule has 0 heterocycles. The summed E-state index contributed by atoms with van der Waals surface area (Å²) in [7, 11) is -9.61. The number of hydrogen-bond acceptors (Lipinski definition) is 7. The van der Waals surface area contributed by atoms with Gasteiger partial charge in [0, 0.05) is 5.69 Å². The first-order chi connectivity index (χ1) is 11.9. The Bertz CT molecular complexity index is 1050. The van der Waals surface area contributed by atoms with Crippen molar-refractivity contribution in [1.82, 2.24) is 4.72 Å². The van der Waals surface area contributed by atoms with Gasteiger partial charge in [0.2, 0.25) is 0 Å². The Morgan fingerprint density at radius 1 is 0.923 bits per heavy atom. The Labute approximate surface area is 148 Å². The standard InChI is InChI=1S/C13H14N4O7S2/c14-8-1-3-9(4-2-8)17(13(18)16-26(22,23)24)10-5-6-11(15)12(7-10)25(19,20)21/h1-7H,14-15H2,(H,16,18)(H,19,20,21)(H,22,23,24). The van der Waals surface area contributed by atoms with Gasteiger partial charge in [0.1, 0.15) is 4.90 Å². The fourth-order valence-electron chi connectivity index (χ4n) is 2.05. The van der Waals surface area contributed by atoms with Gasteiger partial charge in [-0.15, -0.1) is 0 Å². The van der Waals surface area contributed by atoms with E-state index in [-0.39, 0.29) is 17.1 Å². The van der Waals surface area contributed by atoms with E-state index in [9.17, 15) is 26.2 Å². The van der Waals surface area contributed by atoms with Crippen LogP contribution < -0.4 is 21.1 Å². The van der Waals surface area contributed by atoms with E-state index in [1.807, 2.05) is 0 Å². The molecule has 0 fully saturated rings. The third kappa shape index (κ3) is 4.60. The van der Waals surface area contributed by atoms with Crippen LogP contribution in [-0.2, 0) is 20.4 Å². The molecule has 13 heteroatoms. The minimum atomic E-state index is -4.90. The van der Waals surface area contributed by atoms with Gasteiger partial charge < -0.3 is 11.5 Å². The number of urea groups is 1. The molecular formula is C13H14N4O7S2. The normalized spacial score (nSPS) is 11.8. The Morgan fingerprint density at radius 2 is 1.46 bits per heavy atom. The van der Waals surface area contributed by atoms with Gasteiger partial charge in [-0.05, 0) is 42.5 Å². The lowest BCUT2D eigenvalue weighted by Gasteiger charge is -2.23. The largest absolute Gasteiger partial charge is 0.399 e. The zero-order chi connectivity index (χ0) is 19.7. The van der Waals surface area contributed by atoms with Gasteiger partial charge in [-0.2, -0.15) is 16.8 Å². The molecule has 0 aliphatic rings. The molecule has 140 valence electrons. The zero-order valence-corrected chi connectivity index (χ0v) is 14.5. The highest BCUT2D eigenvalue weighted by Crippen LogP contribution is 2.31. The second-order valence-electron chi connectivity index (χ2n) is 5.01. The molecule has 2 aromatic rings. The SMILES string of the molecule is Nc1ccc(N(C(=O)NS(=O)(=O)O)c2ccc(N)c(S(=O)(=O)O)c2)cc1. The number of hydrogen-bond donors (Lipinski definition) is 5. The van der Waals surface area contributed by atoms with Crippen LogP contribution in [-0.4, -0.2) is 32.0 Å². The molecule has 0 spiro atoms. The smallest absolute Gasteiger partial charge is 0.361 e. The molecule has 0 unspecified atom stereocenters. The second-order valence-corrected chi connectivity index (χ2v) is 7.55. The highest BCUT2D eigenvalue weighted by atomic mass is 32.2. The topological polar surface area (TPSA) is 193 Å². The highest BCUT2D eigenvalue weighted by Gasteiger charge is 2.24. The summed E-state index contributed by atoms with van der Waals surface area (Å²) in [6.45, 7) is 0. The number of nitrogens with two attached hydrogens (primary N) is 2. The molecule has 0 bridgehead atoms. The van der Waals surface area contributed by atoms with Gasteiger partial charge in [0.05, 0.1) is 17.1 Å². The maximum Gasteiger partial charge on any atom is 0.361 e. The van der Waals surface area contributed by atoms with Crippen LogP contribution >= 0.6 is 0 Å². The van der Waals surface area contributed by atoms with Crippen LogP contribution in [0.15, 0.2) is 47.4 Å². The summed E-state index contributed by atoms with van der Waals surface area (Å²) in [5, 5.41) is 0. The quantitative estimate of drug-likeness (QED) is 0.362. The monoisotopic (exact) mass is 402 g/mol. The number of rotatable bonds is 4. The van der Waals surface area contributed by atoms with E-state index in [0.29, 0.717) is 5.69 Å². The minimum absolute atomic E-state index is 0.0893. The third-order valence-corrected chi connectivity index (χ3v) is 4.45. The Kier molecular flexibility index (Phi) is 5.09. The van der Waals surface area contributed by atoms with Crippen molar-refractivity contribution in [2.75, 3.05) is 16.4 Å². The van der Waals surface area contributed by atoms with E-state index in [1.54, 1.807) is 0 Å². The fourth-order valence-corrected chi connectivity index (χ4v) is 3.00. The predicted octanol–water partition coefficient (Wildman–Crippen LogP) is 0.748. The number of anilines is 4. The zero-order valence-electron chi connectivity index (χ0n) is 12.9. The Morgan fingerprint density at radius 3 is 1.96 bits per heavy atom. The molecule has 2 amide bonds. The number of amides is 2. The van der Waals surface area contributed by atoms with Crippen LogP contribution in [0.3, 0.4) is 0 Å². The van der Waals surface area contributed by atoms with E-state index >= 15 is 0 Å². The molecule has 26 heavy (non-hydrogen) atoms. The van der Waals surface area contributed by atoms with Crippen molar-refractivity contribution in [3.8, 4) is 0 Å². The van der Waals surface area contributed by atoms with Crippen molar-refractivity contribution < 1.29 is 30.7 Å². The van der Waals surface area contributed by atoms with Crippen LogP contribution in [0.4, 0.5) is 27.5 Å². The van der Waals surface area contributed by atoms with Crippen molar-refractivity contribution in [1.29, 1.82) is 0 Å². The van der Waals surface area contributed by atoms with Crippen molar-refractivity contribution >= 4 is 49.2 Å². The van der Waals surface area contributed by atoms with Crippen molar-refractivity contribution in [3.05, 3.63) is 42.5 Å². The molecule has 2 rings (SSSR count). The summed E-state index contributed by atoms with van der Waals surface area (Å²) in [5.74, 6) is 0. The van der Waals surface area contributed by atoms with Crippen molar-refractivity contribution in [2.45, 2.75) is 4.90 Å². The van der Waals surface area contributed by atoms with Gasteiger partial charge in [-0.3, -0.25) is 14.0 Å². The van der Waals surface area contributed by atoms with E-state index in [4.69, 9.17) is 16.0 Å². The van der Waals surface area contributed by atoms with Gasteiger partial charge in [-0.1, -0.05) is 0 Å². The number of nitrogen functional groups attached to an aromatic ring is 2. The molecule has 11 nitrogen and oxygen atoms in total. The van der Waals surface area contributed by atoms with Crippen molar-refractivity contribution in [3.63, 3.8) is 0 Å². The van der Waals surface area contributed by atoms with Crippen LogP contribution in [0, 0.1) is 0 Å². The molecular weight excluding hydrogens is 388 g/mol. The lowest BCUT2D eigenvalue weighted by molar-refractivity contribution is 0.252. The lowest BCUT2D eigenvalue weighted by Crippen LogP contribution is -2.40. The summed E-state index contributed by atoms with van der Waals surface area (Å²) in [5.41, 5.74) is 11.1. The number of benzene rings is 2. The molecule has 0 aromatic heterocycles. The lowest BCUT2D eigenvalue weighted by atomic mass is 10.2. The average Bonchev–Trinajstić information content (AvgIpc) is 2.48. The van der Waals surface area contributed by atoms with Gasteiger partial charge >= 0.3 is 16.3 Å². The average molecular weight is 402 g/mol. The number of carbonyl (C=O) groups is 1. The summed E-state index contributed by atoms with van der Waals surface area (Å²) >= 11 is 0. The summed E-state index contributed by atoms with van der Waals surface area (Å²) in [4.78, 5) is 12.3. The first-order valence-electron chi connectivity index (χ1n) is 6.70. The summed E-state index contributed by atoms with van der Waals surface area (Å²) in [6.07, 6.45) is 0. The fraction of sp³-hybridized carbons (Fsp3) is 0. The van der Waals surface area contributed by atoms with E-state index in [0.717, 1.165) is 17.0 Å². The molecule has 7 N–H and O–H groups in total. The number of carbonyl (C=O) groups excluding carboxylic acids is 1. The van der Waals surface area contributed by atoms with Gasteiger partial charge in [0.15, 0.2) is 0 Å². The Hall–Kier alpha value is -2.87. The highest BCUT2D eigenvalue weighted by molar-refractivity contribution is 7.86. The van der Waals surface area contributed by atoms with Gasteiger partial charge in [-0.25, -0.2) is 9.52 Å². The van der Waals surface area contributed by atoms with E-state index < -0.39 is 31.3 Å². The molecule has 0 saturated heterocycles. The molecule has 0 atom stereocenters. The van der Waals surface area contributed by atoms with Crippen LogP contribution in [0.1, 0.15) is 0 Å². The third-order valence-electron chi connectivity index (χ3n) is 3.10. The van der Waals surface area contributed by atoms with Gasteiger partial charge in [0.25, 0.3) is 10.1 Å². The van der Waals surface area contributed by atoms with Crippen molar-refractivity contribution in [2.24, 2.45) is 0 Å².